The number of unbranched alkanes of at least 4 members (excludes halogenated alkanes) is 1. The molecule has 0 saturated carbocycles. The number of carbonyl (C=O) groups excluding carboxylic acids is 1. The molecular formula is C12H24N2O2. The standard InChI is InChI=1S/C12H24N2O2/c1-10(2)8-11-13-9-12(15)14(11)6-4-5-7-16-3/h10-11,13H,4-9H2,1-3H3. The van der Waals surface area contributed by atoms with Crippen LogP contribution in [0.2, 0.25) is 0 Å². The molecule has 1 aliphatic rings. The van der Waals surface area contributed by atoms with Crippen molar-refractivity contribution >= 4 is 5.91 Å². The van der Waals surface area contributed by atoms with E-state index in [0.717, 1.165) is 32.4 Å². The zero-order chi connectivity index (χ0) is 12.0. The highest BCUT2D eigenvalue weighted by Gasteiger charge is 2.29. The Morgan fingerprint density at radius 2 is 2.25 bits per heavy atom. The van der Waals surface area contributed by atoms with Gasteiger partial charge < -0.3 is 9.64 Å². The van der Waals surface area contributed by atoms with Crippen LogP contribution in [0.15, 0.2) is 0 Å². The van der Waals surface area contributed by atoms with Gasteiger partial charge in [0.2, 0.25) is 5.91 Å². The molecule has 4 nitrogen and oxygen atoms in total. The van der Waals surface area contributed by atoms with Gasteiger partial charge in [-0.15, -0.1) is 0 Å². The Balaban J connectivity index is 2.32. The maximum Gasteiger partial charge on any atom is 0.237 e. The Labute approximate surface area is 98.3 Å². The highest BCUT2D eigenvalue weighted by molar-refractivity contribution is 5.80. The maximum atomic E-state index is 11.7. The lowest BCUT2D eigenvalue weighted by molar-refractivity contribution is -0.128. The van der Waals surface area contributed by atoms with Crippen molar-refractivity contribution in [3.05, 3.63) is 0 Å². The quantitative estimate of drug-likeness (QED) is 0.666. The molecule has 1 heterocycles. The van der Waals surface area contributed by atoms with Gasteiger partial charge >= 0.3 is 0 Å². The molecule has 1 amide bonds. The average Bonchev–Trinajstić information content (AvgIpc) is 2.55. The number of rotatable bonds is 7. The monoisotopic (exact) mass is 228 g/mol. The summed E-state index contributed by atoms with van der Waals surface area (Å²) in [6, 6.07) is 0. The van der Waals surface area contributed by atoms with Crippen LogP contribution in [0.3, 0.4) is 0 Å². The molecule has 0 spiro atoms. The molecule has 0 aromatic carbocycles. The van der Waals surface area contributed by atoms with Crippen LogP contribution in [-0.2, 0) is 9.53 Å². The van der Waals surface area contributed by atoms with Gasteiger partial charge in [0, 0.05) is 20.3 Å². The van der Waals surface area contributed by atoms with Gasteiger partial charge in [-0.1, -0.05) is 13.8 Å². The number of nitrogens with one attached hydrogen (secondary N) is 1. The van der Waals surface area contributed by atoms with Crippen LogP contribution in [0.1, 0.15) is 33.1 Å². The zero-order valence-electron chi connectivity index (χ0n) is 10.7. The molecule has 0 bridgehead atoms. The Hall–Kier alpha value is -0.610. The summed E-state index contributed by atoms with van der Waals surface area (Å²) in [6.07, 6.45) is 3.33. The van der Waals surface area contributed by atoms with Crippen LogP contribution in [0.4, 0.5) is 0 Å². The van der Waals surface area contributed by atoms with E-state index in [0.29, 0.717) is 12.5 Å². The topological polar surface area (TPSA) is 41.6 Å². The summed E-state index contributed by atoms with van der Waals surface area (Å²) < 4.78 is 5.01. The Kier molecular flexibility index (Phi) is 5.77. The number of carbonyl (C=O) groups is 1. The molecule has 16 heavy (non-hydrogen) atoms. The van der Waals surface area contributed by atoms with Gasteiger partial charge in [-0.3, -0.25) is 10.1 Å². The summed E-state index contributed by atoms with van der Waals surface area (Å²) in [5.74, 6) is 0.855. The van der Waals surface area contributed by atoms with Crippen LogP contribution in [0.5, 0.6) is 0 Å². The molecular weight excluding hydrogens is 204 g/mol. The highest BCUT2D eigenvalue weighted by atomic mass is 16.5. The molecule has 1 N–H and O–H groups in total. The van der Waals surface area contributed by atoms with E-state index in [1.807, 2.05) is 4.90 Å². The molecule has 0 aromatic rings. The van der Waals surface area contributed by atoms with Gasteiger partial charge in [-0.05, 0) is 25.2 Å². The molecule has 1 rings (SSSR count). The van der Waals surface area contributed by atoms with Crippen LogP contribution >= 0.6 is 0 Å². The summed E-state index contributed by atoms with van der Waals surface area (Å²) in [5, 5.41) is 3.27. The maximum absolute atomic E-state index is 11.7. The Morgan fingerprint density at radius 1 is 1.50 bits per heavy atom. The molecule has 1 unspecified atom stereocenters. The molecule has 1 atom stereocenters. The second-order valence-corrected chi connectivity index (χ2v) is 4.81. The van der Waals surface area contributed by atoms with E-state index in [4.69, 9.17) is 4.74 Å². The fourth-order valence-electron chi connectivity index (χ4n) is 2.06. The lowest BCUT2D eigenvalue weighted by Gasteiger charge is -2.25. The van der Waals surface area contributed by atoms with Crippen molar-refractivity contribution in [2.45, 2.75) is 39.3 Å². The van der Waals surface area contributed by atoms with Crippen LogP contribution in [-0.4, -0.2) is 43.8 Å². The fraction of sp³-hybridized carbons (Fsp3) is 0.917. The number of methoxy groups -OCH3 is 1. The summed E-state index contributed by atoms with van der Waals surface area (Å²) >= 11 is 0. The van der Waals surface area contributed by atoms with Crippen molar-refractivity contribution in [1.29, 1.82) is 0 Å². The van der Waals surface area contributed by atoms with E-state index in [9.17, 15) is 4.79 Å². The van der Waals surface area contributed by atoms with E-state index in [1.165, 1.54) is 0 Å². The molecule has 0 aromatic heterocycles. The minimum atomic E-state index is 0.239. The third-order valence-electron chi connectivity index (χ3n) is 2.88. The van der Waals surface area contributed by atoms with Gasteiger partial charge in [-0.2, -0.15) is 0 Å². The molecule has 1 fully saturated rings. The van der Waals surface area contributed by atoms with Crippen LogP contribution in [0.25, 0.3) is 0 Å². The van der Waals surface area contributed by atoms with E-state index in [2.05, 4.69) is 19.2 Å². The van der Waals surface area contributed by atoms with Crippen molar-refractivity contribution in [2.24, 2.45) is 5.92 Å². The molecule has 0 radical (unpaired) electrons. The van der Waals surface area contributed by atoms with Gasteiger partial charge in [0.1, 0.15) is 0 Å². The smallest absolute Gasteiger partial charge is 0.237 e. The van der Waals surface area contributed by atoms with Crippen molar-refractivity contribution < 1.29 is 9.53 Å². The van der Waals surface area contributed by atoms with Crippen molar-refractivity contribution in [3.63, 3.8) is 0 Å². The van der Waals surface area contributed by atoms with E-state index >= 15 is 0 Å². The summed E-state index contributed by atoms with van der Waals surface area (Å²) in [7, 11) is 1.71. The predicted molar refractivity (Wildman–Crippen MR) is 64.1 cm³/mol. The summed E-state index contributed by atoms with van der Waals surface area (Å²) in [5.41, 5.74) is 0. The largest absolute Gasteiger partial charge is 0.385 e. The highest BCUT2D eigenvalue weighted by Crippen LogP contribution is 2.14. The van der Waals surface area contributed by atoms with Crippen molar-refractivity contribution in [1.82, 2.24) is 10.2 Å². The van der Waals surface area contributed by atoms with Crippen LogP contribution < -0.4 is 5.32 Å². The lowest BCUT2D eigenvalue weighted by Crippen LogP contribution is -2.39. The SMILES string of the molecule is COCCCCN1C(=O)CNC1CC(C)C. The predicted octanol–water partition coefficient (Wildman–Crippen LogP) is 1.22. The number of nitrogens with zero attached hydrogens (tertiary/aromatic N) is 1. The first-order valence-electron chi connectivity index (χ1n) is 6.17. The first-order valence-corrected chi connectivity index (χ1v) is 6.17. The Bertz CT molecular complexity index is 219. The van der Waals surface area contributed by atoms with Gasteiger partial charge in [0.05, 0.1) is 12.7 Å². The van der Waals surface area contributed by atoms with Crippen molar-refractivity contribution in [3.8, 4) is 0 Å². The summed E-state index contributed by atoms with van der Waals surface area (Å²) in [4.78, 5) is 13.6. The molecule has 94 valence electrons. The molecule has 1 aliphatic heterocycles. The van der Waals surface area contributed by atoms with Gasteiger partial charge in [-0.25, -0.2) is 0 Å². The lowest BCUT2D eigenvalue weighted by atomic mass is 10.1. The fourth-order valence-corrected chi connectivity index (χ4v) is 2.06. The number of hydrogen-bond acceptors (Lipinski definition) is 3. The third kappa shape index (κ3) is 4.10. The van der Waals surface area contributed by atoms with E-state index < -0.39 is 0 Å². The van der Waals surface area contributed by atoms with Crippen LogP contribution in [0, 0.1) is 5.92 Å². The average molecular weight is 228 g/mol. The van der Waals surface area contributed by atoms with E-state index in [-0.39, 0.29) is 12.1 Å². The molecule has 4 heteroatoms. The second kappa shape index (κ2) is 6.86. The summed E-state index contributed by atoms with van der Waals surface area (Å²) in [6.45, 7) is 6.51. The minimum Gasteiger partial charge on any atom is -0.385 e. The second-order valence-electron chi connectivity index (χ2n) is 4.81. The Morgan fingerprint density at radius 3 is 2.88 bits per heavy atom. The number of amides is 1. The third-order valence-corrected chi connectivity index (χ3v) is 2.88. The molecule has 0 aliphatic carbocycles. The zero-order valence-corrected chi connectivity index (χ0v) is 10.7. The van der Waals surface area contributed by atoms with Gasteiger partial charge in [0.25, 0.3) is 0 Å². The first-order chi connectivity index (χ1) is 7.65. The van der Waals surface area contributed by atoms with Gasteiger partial charge in [0.15, 0.2) is 0 Å². The first kappa shape index (κ1) is 13.5. The molecule has 1 saturated heterocycles. The van der Waals surface area contributed by atoms with Crippen molar-refractivity contribution in [2.75, 3.05) is 26.8 Å². The number of ether oxygens (including phenoxy) is 1. The van der Waals surface area contributed by atoms with E-state index in [1.54, 1.807) is 7.11 Å². The minimum absolute atomic E-state index is 0.239. The normalized spacial score (nSPS) is 21.1. The number of hydrogen-bond donors (Lipinski definition) is 1.